The Labute approximate surface area is 178 Å². The van der Waals surface area contributed by atoms with Crippen LogP contribution in [0, 0.1) is 0 Å². The first-order chi connectivity index (χ1) is 14.3. The van der Waals surface area contributed by atoms with Gasteiger partial charge in [-0.15, -0.1) is 0 Å². The molecule has 2 heterocycles. The fraction of sp³-hybridized carbons (Fsp3) is 0.368. The number of aryl methyl sites for hydroxylation is 1. The topological polar surface area (TPSA) is 95.1 Å². The maximum atomic E-state index is 12.7. The molecule has 1 aromatic carbocycles. The number of hydrogen-bond acceptors (Lipinski definition) is 6. The molecule has 152 valence electrons. The van der Waals surface area contributed by atoms with Crippen molar-refractivity contribution in [1.82, 2.24) is 25.2 Å². The molecule has 0 bridgehead atoms. The van der Waals surface area contributed by atoms with Crippen LogP contribution in [0.5, 0.6) is 0 Å². The van der Waals surface area contributed by atoms with Gasteiger partial charge in [-0.1, -0.05) is 17.3 Å². The van der Waals surface area contributed by atoms with Gasteiger partial charge in [0.05, 0.1) is 31.0 Å². The van der Waals surface area contributed by atoms with Gasteiger partial charge >= 0.3 is 0 Å². The Balaban J connectivity index is 1.46. The number of nitrogens with zero attached hydrogens (tertiary/aromatic N) is 4. The Morgan fingerprint density at radius 2 is 2.23 bits per heavy atom. The van der Waals surface area contributed by atoms with Crippen molar-refractivity contribution in [3.8, 4) is 11.4 Å². The smallest absolute Gasteiger partial charge is 0.254 e. The number of carbonyl (C=O) groups is 1. The van der Waals surface area contributed by atoms with Gasteiger partial charge in [0.1, 0.15) is 23.5 Å². The van der Waals surface area contributed by atoms with Crippen molar-refractivity contribution in [1.29, 1.82) is 0 Å². The molecule has 11 heteroatoms. The summed E-state index contributed by atoms with van der Waals surface area (Å²) in [5.41, 5.74) is 3.83. The second-order valence-corrected chi connectivity index (χ2v) is 8.64. The van der Waals surface area contributed by atoms with Crippen LogP contribution >= 0.6 is 0 Å². The average Bonchev–Trinajstić information content (AvgIpc) is 3.45. The molecule has 0 saturated heterocycles. The summed E-state index contributed by atoms with van der Waals surface area (Å²) in [7, 11) is 7.77. The van der Waals surface area contributed by atoms with Crippen molar-refractivity contribution in [2.75, 3.05) is 13.7 Å². The Morgan fingerprint density at radius 3 is 2.97 bits per heavy atom. The van der Waals surface area contributed by atoms with E-state index >= 15 is 0 Å². The highest BCUT2D eigenvalue weighted by Gasteiger charge is 2.27. The average molecular weight is 403 g/mol. The molecule has 3 aromatic rings. The Hall–Kier alpha value is -2.81. The third kappa shape index (κ3) is 4.21. The fourth-order valence-electron chi connectivity index (χ4n) is 3.58. The second kappa shape index (κ2) is 8.14. The lowest BCUT2D eigenvalue weighted by Gasteiger charge is -2.13. The van der Waals surface area contributed by atoms with Crippen LogP contribution in [0.3, 0.4) is 0 Å². The summed E-state index contributed by atoms with van der Waals surface area (Å²) in [6.45, 7) is 1.17. The molecule has 1 aliphatic carbocycles. The minimum absolute atomic E-state index is 0.0146. The lowest BCUT2D eigenvalue weighted by Crippen LogP contribution is -2.27. The van der Waals surface area contributed by atoms with Crippen molar-refractivity contribution in [2.45, 2.75) is 30.5 Å². The molecule has 0 fully saturated rings. The summed E-state index contributed by atoms with van der Waals surface area (Å²) < 4.78 is 12.2. The van der Waals surface area contributed by atoms with E-state index in [1.54, 1.807) is 24.2 Å². The van der Waals surface area contributed by atoms with Crippen LogP contribution in [0.1, 0.15) is 39.8 Å². The van der Waals surface area contributed by atoms with Gasteiger partial charge in [-0.3, -0.25) is 9.48 Å². The number of ether oxygens (including phenoxy) is 1. The van der Waals surface area contributed by atoms with E-state index in [2.05, 4.69) is 32.7 Å². The highest BCUT2D eigenvalue weighted by atomic mass is 16.5. The molecule has 0 radical (unpaired) electrons. The fourth-order valence-corrected chi connectivity index (χ4v) is 3.58. The molecule has 8 nitrogen and oxygen atoms in total. The van der Waals surface area contributed by atoms with Gasteiger partial charge in [0.2, 0.25) is 11.7 Å². The summed E-state index contributed by atoms with van der Waals surface area (Å²) in [4.78, 5) is 17.2. The summed E-state index contributed by atoms with van der Waals surface area (Å²) in [6.07, 6.45) is 5.09. The third-order valence-corrected chi connectivity index (χ3v) is 5.27. The molecule has 1 aliphatic rings. The minimum atomic E-state index is -0.186. The van der Waals surface area contributed by atoms with Crippen molar-refractivity contribution < 1.29 is 14.1 Å². The minimum Gasteiger partial charge on any atom is -0.383 e. The van der Waals surface area contributed by atoms with E-state index in [9.17, 15) is 4.79 Å². The van der Waals surface area contributed by atoms with Gasteiger partial charge in [0.25, 0.3) is 5.91 Å². The summed E-state index contributed by atoms with van der Waals surface area (Å²) in [6, 6.07) is 6.13. The van der Waals surface area contributed by atoms with Crippen molar-refractivity contribution in [3.63, 3.8) is 0 Å². The molecule has 2 aromatic heterocycles. The zero-order chi connectivity index (χ0) is 21.3. The highest BCUT2D eigenvalue weighted by Crippen LogP contribution is 2.34. The number of rotatable bonds is 7. The summed E-state index contributed by atoms with van der Waals surface area (Å²) >= 11 is 0. The van der Waals surface area contributed by atoms with Crippen LogP contribution in [0.4, 0.5) is 0 Å². The molecule has 30 heavy (non-hydrogen) atoms. The molecule has 0 unspecified atom stereocenters. The number of benzene rings is 1. The van der Waals surface area contributed by atoms with Crippen LogP contribution in [0.25, 0.3) is 11.4 Å². The molecular formula is C19H24B3N5O3. The van der Waals surface area contributed by atoms with Gasteiger partial charge in [-0.25, -0.2) is 0 Å². The molecule has 4 rings (SSSR count). The Kier molecular flexibility index (Phi) is 5.55. The van der Waals surface area contributed by atoms with Gasteiger partial charge in [-0.05, 0) is 35.1 Å². The van der Waals surface area contributed by atoms with E-state index in [4.69, 9.17) is 9.26 Å². The maximum absolute atomic E-state index is 12.7. The predicted molar refractivity (Wildman–Crippen MR) is 120 cm³/mol. The first-order valence-electron chi connectivity index (χ1n) is 10.1. The van der Waals surface area contributed by atoms with Crippen LogP contribution in [-0.4, -0.2) is 63.1 Å². The van der Waals surface area contributed by atoms with Crippen LogP contribution in [0.15, 0.2) is 35.1 Å². The second-order valence-electron chi connectivity index (χ2n) is 8.64. The van der Waals surface area contributed by atoms with E-state index in [1.807, 2.05) is 29.6 Å². The monoisotopic (exact) mass is 403 g/mol. The summed E-state index contributed by atoms with van der Waals surface area (Å²) in [5, 5.41) is 11.3. The number of carbonyl (C=O) groups excluding carboxylic acids is 1. The first-order valence-corrected chi connectivity index (χ1v) is 10.1. The first kappa shape index (κ1) is 20.5. The summed E-state index contributed by atoms with van der Waals surface area (Å²) in [5.74, 6) is 1.10. The van der Waals surface area contributed by atoms with E-state index in [0.29, 0.717) is 30.4 Å². The number of aromatic nitrogens is 4. The molecular weight excluding hydrogens is 379 g/mol. The van der Waals surface area contributed by atoms with Crippen molar-refractivity contribution >= 4 is 29.4 Å². The van der Waals surface area contributed by atoms with E-state index in [1.165, 1.54) is 5.56 Å². The van der Waals surface area contributed by atoms with Gasteiger partial charge in [0.15, 0.2) is 0 Å². The third-order valence-electron chi connectivity index (χ3n) is 5.27. The molecule has 0 saturated carbocycles. The maximum Gasteiger partial charge on any atom is 0.254 e. The highest BCUT2D eigenvalue weighted by molar-refractivity contribution is 6.58. The normalized spacial score (nSPS) is 15.8. The number of fused-ring (bicyclic) bond motifs is 1. The molecule has 1 amide bonds. The number of amides is 1. The van der Waals surface area contributed by atoms with Gasteiger partial charge in [0, 0.05) is 18.9 Å². The molecule has 1 N–H and O–H groups in total. The SMILES string of the molecule is BC(B)(B)c1nc(-c2ccc3c(c2)CC[C@H]3NC(=O)c2cnn(CCOC)c2)no1. The van der Waals surface area contributed by atoms with Crippen molar-refractivity contribution in [2.24, 2.45) is 0 Å². The predicted octanol–water partition coefficient (Wildman–Crippen LogP) is -0.994. The molecule has 0 spiro atoms. The zero-order valence-electron chi connectivity index (χ0n) is 17.8. The van der Waals surface area contributed by atoms with Gasteiger partial charge in [-0.2, -0.15) is 10.1 Å². The van der Waals surface area contributed by atoms with Crippen LogP contribution in [-0.2, 0) is 22.8 Å². The van der Waals surface area contributed by atoms with Crippen LogP contribution in [0.2, 0.25) is 0 Å². The quantitative estimate of drug-likeness (QED) is 0.510. The number of nitrogens with one attached hydrogen (secondary N) is 1. The van der Waals surface area contributed by atoms with E-state index in [-0.39, 0.29) is 17.1 Å². The number of methoxy groups -OCH3 is 1. The number of hydrogen-bond donors (Lipinski definition) is 1. The zero-order valence-corrected chi connectivity index (χ0v) is 17.8. The molecule has 1 atom stereocenters. The van der Waals surface area contributed by atoms with E-state index in [0.717, 1.165) is 24.0 Å². The lowest BCUT2D eigenvalue weighted by molar-refractivity contribution is 0.0936. The van der Waals surface area contributed by atoms with E-state index < -0.39 is 0 Å². The van der Waals surface area contributed by atoms with Crippen molar-refractivity contribution in [3.05, 3.63) is 53.2 Å². The van der Waals surface area contributed by atoms with Gasteiger partial charge < -0.3 is 14.6 Å². The standard InChI is InChI=1S/C19H24B3N5O3/c1-29-7-6-27-10-13(9-23-27)17(28)24-15-5-3-11-8-12(2-4-14(11)15)16-25-18(30-26-16)19(20,21)22/h2,4,8-10,15H,3,5-7,20-22H2,1H3,(H,24,28)/t15-/m1/s1. The lowest BCUT2D eigenvalue weighted by atomic mass is 9.42. The van der Waals surface area contributed by atoms with Crippen LogP contribution < -0.4 is 5.32 Å². The molecule has 0 aliphatic heterocycles. The largest absolute Gasteiger partial charge is 0.383 e. The Morgan fingerprint density at radius 1 is 1.40 bits per heavy atom. The Bertz CT molecular complexity index is 1060.